The molecule has 0 aliphatic rings. The van der Waals surface area contributed by atoms with Crippen LogP contribution in [-0.2, 0) is 28.2 Å². The van der Waals surface area contributed by atoms with Crippen LogP contribution in [0, 0.1) is 0 Å². The van der Waals surface area contributed by atoms with Crippen molar-refractivity contribution in [2.24, 2.45) is 0 Å². The molecule has 0 aromatic carbocycles. The van der Waals surface area contributed by atoms with Gasteiger partial charge < -0.3 is 24.4 Å². The van der Waals surface area contributed by atoms with Crippen LogP contribution in [0.4, 0.5) is 0 Å². The predicted molar refractivity (Wildman–Crippen MR) is 217 cm³/mol. The van der Waals surface area contributed by atoms with Crippen LogP contribution in [0.5, 0.6) is 0 Å². The maximum atomic E-state index is 12.4. The van der Waals surface area contributed by atoms with E-state index in [0.29, 0.717) is 32.1 Å². The molecule has 0 bridgehead atoms. The molecular weight excluding hydrogens is 691 g/mol. The summed E-state index contributed by atoms with van der Waals surface area (Å²) in [6, 6.07) is 0. The molecule has 0 radical (unpaired) electrons. The van der Waals surface area contributed by atoms with Gasteiger partial charge in [0.2, 0.25) is 0 Å². The lowest BCUT2D eigenvalue weighted by molar-refractivity contribution is -0.161. The minimum atomic E-state index is -4.79. The zero-order valence-electron chi connectivity index (χ0n) is 32.5. The summed E-state index contributed by atoms with van der Waals surface area (Å²) in [5.74, 6) is -1.05. The van der Waals surface area contributed by atoms with E-state index in [1.807, 2.05) is 30.4 Å². The SMILES string of the molecule is CCCCC/C=C\C/C=C\C/C=C\C/C=C\CCCC(=O)O[C@H](COC(=O)CCC/C=C\C/C=C\C/C=C\C/C=C\CC(O)CCC)COP(=O)(O)O. The van der Waals surface area contributed by atoms with Crippen molar-refractivity contribution in [2.45, 2.75) is 148 Å². The summed E-state index contributed by atoms with van der Waals surface area (Å²) in [4.78, 5) is 42.7. The Morgan fingerprint density at radius 1 is 0.566 bits per heavy atom. The second-order valence-electron chi connectivity index (χ2n) is 12.7. The Kier molecular flexibility index (Phi) is 35.1. The first kappa shape index (κ1) is 49.9. The number of esters is 2. The number of aliphatic hydroxyl groups excluding tert-OH is 1. The monoisotopic (exact) mass is 760 g/mol. The van der Waals surface area contributed by atoms with Crippen molar-refractivity contribution in [1.29, 1.82) is 0 Å². The Balaban J connectivity index is 4.20. The van der Waals surface area contributed by atoms with E-state index in [4.69, 9.17) is 19.3 Å². The molecule has 0 rings (SSSR count). The highest BCUT2D eigenvalue weighted by molar-refractivity contribution is 7.46. The Bertz CT molecular complexity index is 1190. The van der Waals surface area contributed by atoms with Gasteiger partial charge in [0, 0.05) is 12.8 Å². The van der Waals surface area contributed by atoms with Crippen molar-refractivity contribution in [3.05, 3.63) is 97.2 Å². The minimum Gasteiger partial charge on any atom is -0.462 e. The van der Waals surface area contributed by atoms with Crippen LogP contribution in [0.2, 0.25) is 0 Å². The lowest BCUT2D eigenvalue weighted by Gasteiger charge is -2.18. The standard InChI is InChI=1S/C43H69O9P/c1-3-5-6-7-8-9-10-11-12-13-14-17-21-24-27-30-33-37-43(46)52-41(39-51-53(47,48)49)38-50-42(45)36-32-29-26-23-20-18-15-16-19-22-25-28-31-35-40(44)34-4-2/h8-9,11-12,14-15,17-19,22-24,26-28,31,40-41,44H,3-7,10,13,16,20-21,25,29-30,32-39H2,1-2H3,(H2,47,48,49)/b9-8-,12-11-,17-14-,18-15-,22-19-,26-23-,27-24-,31-28-/t40?,41-/m1/s1. The quantitative estimate of drug-likeness (QED) is 0.0253. The molecule has 300 valence electrons. The van der Waals surface area contributed by atoms with Gasteiger partial charge in [-0.1, -0.05) is 130 Å². The first-order valence-corrected chi connectivity index (χ1v) is 21.1. The van der Waals surface area contributed by atoms with Crippen molar-refractivity contribution in [3.63, 3.8) is 0 Å². The predicted octanol–water partition coefficient (Wildman–Crippen LogP) is 10.8. The fourth-order valence-electron chi connectivity index (χ4n) is 4.72. The molecule has 3 N–H and O–H groups in total. The van der Waals surface area contributed by atoms with Crippen molar-refractivity contribution >= 4 is 19.8 Å². The highest BCUT2D eigenvalue weighted by Crippen LogP contribution is 2.35. The van der Waals surface area contributed by atoms with Gasteiger partial charge in [-0.3, -0.25) is 14.1 Å². The molecule has 0 saturated heterocycles. The van der Waals surface area contributed by atoms with Gasteiger partial charge in [-0.05, 0) is 89.9 Å². The summed E-state index contributed by atoms with van der Waals surface area (Å²) in [6.45, 7) is 3.34. The Morgan fingerprint density at radius 3 is 1.45 bits per heavy atom. The molecule has 10 heteroatoms. The van der Waals surface area contributed by atoms with Gasteiger partial charge >= 0.3 is 19.8 Å². The second kappa shape index (κ2) is 37.3. The van der Waals surface area contributed by atoms with Crippen LogP contribution >= 0.6 is 7.82 Å². The Labute approximate surface area is 320 Å². The smallest absolute Gasteiger partial charge is 0.462 e. The summed E-state index contributed by atoms with van der Waals surface area (Å²) in [5, 5.41) is 9.70. The zero-order valence-corrected chi connectivity index (χ0v) is 33.4. The number of phosphoric acid groups is 1. The molecule has 0 heterocycles. The zero-order chi connectivity index (χ0) is 39.1. The number of carbonyl (C=O) groups is 2. The lowest BCUT2D eigenvalue weighted by atomic mass is 10.1. The third-order valence-corrected chi connectivity index (χ3v) is 8.12. The molecule has 53 heavy (non-hydrogen) atoms. The van der Waals surface area contributed by atoms with Gasteiger partial charge in [-0.25, -0.2) is 4.57 Å². The van der Waals surface area contributed by atoms with E-state index in [-0.39, 0.29) is 25.6 Å². The van der Waals surface area contributed by atoms with Crippen molar-refractivity contribution in [1.82, 2.24) is 0 Å². The van der Waals surface area contributed by atoms with E-state index in [2.05, 4.69) is 85.2 Å². The van der Waals surface area contributed by atoms with E-state index in [1.165, 1.54) is 19.3 Å². The highest BCUT2D eigenvalue weighted by atomic mass is 31.2. The number of unbranched alkanes of at least 4 members (excludes halogenated alkanes) is 5. The third-order valence-electron chi connectivity index (χ3n) is 7.63. The second-order valence-corrected chi connectivity index (χ2v) is 14.0. The number of rotatable bonds is 34. The largest absolute Gasteiger partial charge is 0.469 e. The summed E-state index contributed by atoms with van der Waals surface area (Å²) in [5.41, 5.74) is 0. The fourth-order valence-corrected chi connectivity index (χ4v) is 5.08. The first-order chi connectivity index (χ1) is 25.7. The van der Waals surface area contributed by atoms with Crippen molar-refractivity contribution in [2.75, 3.05) is 13.2 Å². The molecule has 0 saturated carbocycles. The number of aliphatic hydroxyl groups is 1. The Morgan fingerprint density at radius 2 is 1.00 bits per heavy atom. The number of allylic oxidation sites excluding steroid dienone is 15. The van der Waals surface area contributed by atoms with Crippen LogP contribution < -0.4 is 0 Å². The van der Waals surface area contributed by atoms with Gasteiger partial charge in [-0.2, -0.15) is 0 Å². The van der Waals surface area contributed by atoms with Crippen LogP contribution in [0.25, 0.3) is 0 Å². The summed E-state index contributed by atoms with van der Waals surface area (Å²) >= 11 is 0. The lowest BCUT2D eigenvalue weighted by Crippen LogP contribution is -2.29. The van der Waals surface area contributed by atoms with Crippen LogP contribution in [-0.4, -0.2) is 52.3 Å². The van der Waals surface area contributed by atoms with E-state index >= 15 is 0 Å². The maximum absolute atomic E-state index is 12.4. The van der Waals surface area contributed by atoms with Gasteiger partial charge in [0.05, 0.1) is 12.7 Å². The molecular formula is C43H69O9P. The average Bonchev–Trinajstić information content (AvgIpc) is 3.12. The fraction of sp³-hybridized carbons (Fsp3) is 0.581. The number of hydrogen-bond acceptors (Lipinski definition) is 7. The Hall–Kier alpha value is -3.07. The first-order valence-electron chi connectivity index (χ1n) is 19.6. The molecule has 0 aromatic rings. The molecule has 1 unspecified atom stereocenters. The summed E-state index contributed by atoms with van der Waals surface area (Å²) < 4.78 is 26.2. The van der Waals surface area contributed by atoms with Crippen molar-refractivity contribution in [3.8, 4) is 0 Å². The molecule has 0 spiro atoms. The van der Waals surface area contributed by atoms with E-state index < -0.39 is 32.5 Å². The van der Waals surface area contributed by atoms with Gasteiger partial charge in [0.1, 0.15) is 6.61 Å². The van der Waals surface area contributed by atoms with E-state index in [9.17, 15) is 19.3 Å². The molecule has 9 nitrogen and oxygen atoms in total. The molecule has 2 atom stereocenters. The van der Waals surface area contributed by atoms with Gasteiger partial charge in [-0.15, -0.1) is 0 Å². The van der Waals surface area contributed by atoms with E-state index in [0.717, 1.165) is 57.8 Å². The molecule has 0 aliphatic carbocycles. The van der Waals surface area contributed by atoms with Gasteiger partial charge in [0.15, 0.2) is 6.10 Å². The molecule has 0 amide bonds. The summed E-state index contributed by atoms with van der Waals surface area (Å²) in [7, 11) is -4.79. The van der Waals surface area contributed by atoms with Crippen molar-refractivity contribution < 1.29 is 43.0 Å². The minimum absolute atomic E-state index is 0.111. The average molecular weight is 761 g/mol. The van der Waals surface area contributed by atoms with Gasteiger partial charge in [0.25, 0.3) is 0 Å². The van der Waals surface area contributed by atoms with Crippen LogP contribution in [0.15, 0.2) is 97.2 Å². The molecule has 0 aromatic heterocycles. The topological polar surface area (TPSA) is 140 Å². The van der Waals surface area contributed by atoms with Crippen LogP contribution in [0.1, 0.15) is 136 Å². The van der Waals surface area contributed by atoms with E-state index in [1.54, 1.807) is 0 Å². The number of carbonyl (C=O) groups excluding carboxylic acids is 2. The highest BCUT2D eigenvalue weighted by Gasteiger charge is 2.22. The number of phosphoric ester groups is 1. The number of ether oxygens (including phenoxy) is 2. The van der Waals surface area contributed by atoms with Crippen LogP contribution in [0.3, 0.4) is 0 Å². The maximum Gasteiger partial charge on any atom is 0.469 e. The third kappa shape index (κ3) is 40.0. The molecule has 0 fully saturated rings. The number of hydrogen-bond donors (Lipinski definition) is 3. The molecule has 0 aliphatic heterocycles. The summed E-state index contributed by atoms with van der Waals surface area (Å²) in [6.07, 6.45) is 47.7. The normalized spacial score (nSPS) is 14.1.